The normalized spacial score (nSPS) is 32.8. The summed E-state index contributed by atoms with van der Waals surface area (Å²) in [6, 6.07) is 0.559. The lowest BCUT2D eigenvalue weighted by Gasteiger charge is -2.04. The summed E-state index contributed by atoms with van der Waals surface area (Å²) in [5, 5.41) is 14.4. The van der Waals surface area contributed by atoms with Crippen LogP contribution in [-0.2, 0) is 0 Å². The maximum atomic E-state index is 11.1. The smallest absolute Gasteiger partial charge is 0.315 e. The van der Waals surface area contributed by atoms with Crippen LogP contribution < -0.4 is 10.6 Å². The summed E-state index contributed by atoms with van der Waals surface area (Å²) in [5.74, 6) is 0.301. The van der Waals surface area contributed by atoms with Crippen LogP contribution in [0.5, 0.6) is 0 Å². The van der Waals surface area contributed by atoms with Crippen LogP contribution in [0.1, 0.15) is 19.3 Å². The number of urea groups is 1. The van der Waals surface area contributed by atoms with E-state index in [4.69, 9.17) is 5.11 Å². The van der Waals surface area contributed by atoms with Crippen molar-refractivity contribution in [1.82, 2.24) is 10.6 Å². The maximum Gasteiger partial charge on any atom is 0.315 e. The Bertz CT molecular complexity index is 191. The van der Waals surface area contributed by atoms with Crippen molar-refractivity contribution in [1.29, 1.82) is 0 Å². The highest BCUT2D eigenvalue weighted by Gasteiger charge is 2.38. The fourth-order valence-electron chi connectivity index (χ4n) is 1.25. The van der Waals surface area contributed by atoms with E-state index in [1.54, 1.807) is 0 Å². The molecule has 0 spiro atoms. The van der Waals surface area contributed by atoms with Crippen LogP contribution in [0.2, 0.25) is 0 Å². The fraction of sp³-hybridized carbons (Fsp3) is 0.875. The monoisotopic (exact) mass is 170 g/mol. The third kappa shape index (κ3) is 1.88. The van der Waals surface area contributed by atoms with Gasteiger partial charge in [0, 0.05) is 24.6 Å². The number of nitrogens with one attached hydrogen (secondary N) is 2. The number of aliphatic hydroxyl groups is 1. The Morgan fingerprint density at radius 2 is 2.17 bits per heavy atom. The van der Waals surface area contributed by atoms with E-state index >= 15 is 0 Å². The summed E-state index contributed by atoms with van der Waals surface area (Å²) < 4.78 is 0. The minimum absolute atomic E-state index is 0.0709. The number of aliphatic hydroxyl groups excluding tert-OH is 1. The van der Waals surface area contributed by atoms with Gasteiger partial charge in [-0.3, -0.25) is 0 Å². The number of carbonyl (C=O) groups excluding carboxylic acids is 1. The molecule has 4 heteroatoms. The molecule has 3 N–H and O–H groups in total. The molecule has 2 fully saturated rings. The predicted molar refractivity (Wildman–Crippen MR) is 43.7 cm³/mol. The molecule has 0 heterocycles. The number of hydrogen-bond acceptors (Lipinski definition) is 2. The van der Waals surface area contributed by atoms with Gasteiger partial charge in [-0.05, 0) is 19.3 Å². The lowest BCUT2D eigenvalue weighted by Crippen LogP contribution is -2.38. The van der Waals surface area contributed by atoms with Gasteiger partial charge in [0.2, 0.25) is 0 Å². The van der Waals surface area contributed by atoms with Gasteiger partial charge >= 0.3 is 6.03 Å². The largest absolute Gasteiger partial charge is 0.396 e. The van der Waals surface area contributed by atoms with Crippen molar-refractivity contribution in [3.05, 3.63) is 0 Å². The molecule has 2 atom stereocenters. The Kier molecular flexibility index (Phi) is 1.92. The molecule has 0 radical (unpaired) electrons. The lowest BCUT2D eigenvalue weighted by atomic mass is 10.4. The Morgan fingerprint density at radius 3 is 2.67 bits per heavy atom. The summed E-state index contributed by atoms with van der Waals surface area (Å²) in [4.78, 5) is 11.1. The first-order valence-electron chi connectivity index (χ1n) is 4.47. The van der Waals surface area contributed by atoms with E-state index in [1.165, 1.54) is 0 Å². The average molecular weight is 170 g/mol. The molecule has 0 aromatic rings. The topological polar surface area (TPSA) is 61.4 Å². The molecule has 0 aromatic carbocycles. The first kappa shape index (κ1) is 7.86. The third-order valence-corrected chi connectivity index (χ3v) is 2.39. The van der Waals surface area contributed by atoms with Crippen molar-refractivity contribution < 1.29 is 9.90 Å². The molecule has 2 amide bonds. The highest BCUT2D eigenvalue weighted by molar-refractivity contribution is 5.75. The Hall–Kier alpha value is -0.770. The zero-order valence-electron chi connectivity index (χ0n) is 6.92. The Morgan fingerprint density at radius 1 is 1.42 bits per heavy atom. The van der Waals surface area contributed by atoms with Gasteiger partial charge in [0.15, 0.2) is 0 Å². The van der Waals surface area contributed by atoms with Crippen molar-refractivity contribution in [2.45, 2.75) is 31.3 Å². The molecule has 2 aliphatic carbocycles. The van der Waals surface area contributed by atoms with Crippen LogP contribution in [0.25, 0.3) is 0 Å². The van der Waals surface area contributed by atoms with Gasteiger partial charge in [-0.1, -0.05) is 0 Å². The first-order chi connectivity index (χ1) is 5.79. The van der Waals surface area contributed by atoms with Gasteiger partial charge in [0.1, 0.15) is 0 Å². The van der Waals surface area contributed by atoms with Gasteiger partial charge in [-0.2, -0.15) is 0 Å². The number of carbonyl (C=O) groups is 1. The summed E-state index contributed by atoms with van der Waals surface area (Å²) >= 11 is 0. The summed E-state index contributed by atoms with van der Waals surface area (Å²) in [6.07, 6.45) is 3.15. The summed E-state index contributed by atoms with van der Waals surface area (Å²) in [7, 11) is 0. The summed E-state index contributed by atoms with van der Waals surface area (Å²) in [6.45, 7) is 0.189. The van der Waals surface area contributed by atoms with Crippen molar-refractivity contribution in [2.24, 2.45) is 5.92 Å². The van der Waals surface area contributed by atoms with Crippen LogP contribution in [-0.4, -0.2) is 29.8 Å². The maximum absolute atomic E-state index is 11.1. The van der Waals surface area contributed by atoms with Crippen molar-refractivity contribution in [3.63, 3.8) is 0 Å². The molecule has 2 aliphatic rings. The van der Waals surface area contributed by atoms with E-state index in [0.717, 1.165) is 19.3 Å². The van der Waals surface area contributed by atoms with Gasteiger partial charge < -0.3 is 15.7 Å². The van der Waals surface area contributed by atoms with Crippen LogP contribution in [0.4, 0.5) is 4.79 Å². The zero-order valence-corrected chi connectivity index (χ0v) is 6.92. The van der Waals surface area contributed by atoms with E-state index in [2.05, 4.69) is 10.6 Å². The summed E-state index contributed by atoms with van der Waals surface area (Å²) in [5.41, 5.74) is 0. The molecule has 2 saturated carbocycles. The molecular formula is C8H14N2O2. The second kappa shape index (κ2) is 2.94. The molecular weight excluding hydrogens is 156 g/mol. The molecule has 0 aliphatic heterocycles. The second-order valence-electron chi connectivity index (χ2n) is 3.68. The Labute approximate surface area is 71.3 Å². The molecule has 0 unspecified atom stereocenters. The quantitative estimate of drug-likeness (QED) is 0.550. The molecule has 12 heavy (non-hydrogen) atoms. The molecule has 68 valence electrons. The van der Waals surface area contributed by atoms with E-state index in [-0.39, 0.29) is 18.7 Å². The minimum Gasteiger partial charge on any atom is -0.396 e. The van der Waals surface area contributed by atoms with Crippen molar-refractivity contribution in [2.75, 3.05) is 6.61 Å². The first-order valence-corrected chi connectivity index (χ1v) is 4.47. The SMILES string of the molecule is O=C(NC1CC1)N[C@@H]1C[C@H]1CO. The molecule has 0 saturated heterocycles. The lowest BCUT2D eigenvalue weighted by molar-refractivity contribution is 0.237. The second-order valence-corrected chi connectivity index (χ2v) is 3.68. The highest BCUT2D eigenvalue weighted by atomic mass is 16.3. The zero-order chi connectivity index (χ0) is 8.55. The molecule has 0 bridgehead atoms. The molecule has 2 rings (SSSR count). The Balaban J connectivity index is 1.62. The molecule has 4 nitrogen and oxygen atoms in total. The van der Waals surface area contributed by atoms with Gasteiger partial charge in [-0.15, -0.1) is 0 Å². The molecule has 0 aromatic heterocycles. The van der Waals surface area contributed by atoms with Gasteiger partial charge in [0.05, 0.1) is 0 Å². The number of amides is 2. The van der Waals surface area contributed by atoms with Crippen LogP contribution in [0.3, 0.4) is 0 Å². The average Bonchev–Trinajstić information content (AvgIpc) is 2.85. The number of rotatable bonds is 3. The van der Waals surface area contributed by atoms with Crippen LogP contribution in [0.15, 0.2) is 0 Å². The van der Waals surface area contributed by atoms with E-state index in [1.807, 2.05) is 0 Å². The predicted octanol–water partition coefficient (Wildman–Crippen LogP) is -0.171. The third-order valence-electron chi connectivity index (χ3n) is 2.39. The van der Waals surface area contributed by atoms with E-state index in [9.17, 15) is 4.79 Å². The van der Waals surface area contributed by atoms with Gasteiger partial charge in [0.25, 0.3) is 0 Å². The fourth-order valence-corrected chi connectivity index (χ4v) is 1.25. The number of hydrogen-bond donors (Lipinski definition) is 3. The van der Waals surface area contributed by atoms with E-state index < -0.39 is 0 Å². The highest BCUT2D eigenvalue weighted by Crippen LogP contribution is 2.29. The minimum atomic E-state index is -0.0709. The van der Waals surface area contributed by atoms with Gasteiger partial charge in [-0.25, -0.2) is 4.79 Å². The van der Waals surface area contributed by atoms with E-state index in [0.29, 0.717) is 12.0 Å². The van der Waals surface area contributed by atoms with Crippen LogP contribution in [0, 0.1) is 5.92 Å². The van der Waals surface area contributed by atoms with Crippen LogP contribution >= 0.6 is 0 Å². The van der Waals surface area contributed by atoms with Crippen molar-refractivity contribution in [3.8, 4) is 0 Å². The van der Waals surface area contributed by atoms with Crippen molar-refractivity contribution >= 4 is 6.03 Å². The standard InChI is InChI=1S/C8H14N2O2/c11-4-5-3-7(5)10-8(12)9-6-1-2-6/h5-7,11H,1-4H2,(H2,9,10,12)/t5-,7+/m0/s1.